The summed E-state index contributed by atoms with van der Waals surface area (Å²) in [5.74, 6) is 0.360. The molecular weight excluding hydrogens is 512 g/mol. The summed E-state index contributed by atoms with van der Waals surface area (Å²) in [6, 6.07) is 17.8. The van der Waals surface area contributed by atoms with Gasteiger partial charge in [-0.15, -0.1) is 0 Å². The summed E-state index contributed by atoms with van der Waals surface area (Å²) in [5.41, 5.74) is 2.05. The molecule has 0 aliphatic carbocycles. The molecule has 1 N–H and O–H groups in total. The minimum absolute atomic E-state index is 0.0230. The molecule has 0 unspecified atom stereocenters. The van der Waals surface area contributed by atoms with Crippen molar-refractivity contribution in [1.82, 2.24) is 14.5 Å². The van der Waals surface area contributed by atoms with Gasteiger partial charge < -0.3 is 14.2 Å². The molecule has 1 aromatic heterocycles. The van der Waals surface area contributed by atoms with E-state index in [0.717, 1.165) is 61.1 Å². The van der Waals surface area contributed by atoms with E-state index in [1.54, 1.807) is 6.08 Å². The van der Waals surface area contributed by atoms with E-state index in [1.165, 1.54) is 16.8 Å². The molecule has 10 heteroatoms. The summed E-state index contributed by atoms with van der Waals surface area (Å²) >= 11 is 1.19. The van der Waals surface area contributed by atoms with Crippen LogP contribution < -0.4 is 4.74 Å². The molecule has 2 amide bonds. The Labute approximate surface area is 230 Å². The second-order valence-electron chi connectivity index (χ2n) is 9.59. The molecule has 9 nitrogen and oxygen atoms in total. The predicted molar refractivity (Wildman–Crippen MR) is 154 cm³/mol. The number of hydrazone groups is 1. The normalized spacial score (nSPS) is 18.1. The van der Waals surface area contributed by atoms with Crippen LogP contribution >= 0.6 is 11.8 Å². The van der Waals surface area contributed by atoms with E-state index in [4.69, 9.17) is 10.1 Å². The molecule has 3 aromatic rings. The zero-order chi connectivity index (χ0) is 26.8. The van der Waals surface area contributed by atoms with Crippen LogP contribution in [0.1, 0.15) is 31.2 Å². The van der Waals surface area contributed by atoms with Crippen molar-refractivity contribution < 1.29 is 14.3 Å². The van der Waals surface area contributed by atoms with E-state index < -0.39 is 5.91 Å². The Balaban J connectivity index is 1.19. The lowest BCUT2D eigenvalue weighted by Gasteiger charge is -2.20. The first-order chi connectivity index (χ1) is 19.1. The standard InChI is InChI=1S/C29H28N6O3S/c30-27-23(28(37)31-29-35(27)32-25(39-29)18-26(36)33-13-6-7-14-33)17-20-19-34(24-12-5-4-11-22(20)24)15-8-16-38-21-9-2-1-3-10-21/h1-5,9-12,17,19,30H,6-8,13-16,18H2. The number of benzene rings is 2. The molecule has 1 fully saturated rings. The fourth-order valence-corrected chi connectivity index (χ4v) is 5.86. The summed E-state index contributed by atoms with van der Waals surface area (Å²) in [5, 5.41) is 16.4. The first-order valence-corrected chi connectivity index (χ1v) is 13.9. The Morgan fingerprint density at radius 2 is 1.85 bits per heavy atom. The maximum Gasteiger partial charge on any atom is 0.283 e. The third-order valence-corrected chi connectivity index (χ3v) is 7.84. The van der Waals surface area contributed by atoms with E-state index in [-0.39, 0.29) is 23.7 Å². The first-order valence-electron chi connectivity index (χ1n) is 13.1. The molecule has 1 saturated heterocycles. The molecule has 0 atom stereocenters. The number of aliphatic imine (C=N–C) groups is 1. The number of ether oxygens (including phenoxy) is 1. The number of rotatable bonds is 8. The molecule has 198 valence electrons. The Morgan fingerprint density at radius 1 is 1.08 bits per heavy atom. The van der Waals surface area contributed by atoms with E-state index in [0.29, 0.717) is 16.8 Å². The van der Waals surface area contributed by atoms with Gasteiger partial charge in [0, 0.05) is 42.3 Å². The van der Waals surface area contributed by atoms with Gasteiger partial charge in [-0.25, -0.2) is 0 Å². The van der Waals surface area contributed by atoms with E-state index >= 15 is 0 Å². The van der Waals surface area contributed by atoms with Crippen molar-refractivity contribution in [1.29, 1.82) is 5.41 Å². The molecule has 6 rings (SSSR count). The minimum atomic E-state index is -0.478. The van der Waals surface area contributed by atoms with Crippen LogP contribution in [0.25, 0.3) is 17.0 Å². The summed E-state index contributed by atoms with van der Waals surface area (Å²) in [6.45, 7) is 2.87. The van der Waals surface area contributed by atoms with Crippen molar-refractivity contribution in [2.24, 2.45) is 10.1 Å². The number of amides is 2. The van der Waals surface area contributed by atoms with Crippen LogP contribution in [0.4, 0.5) is 0 Å². The minimum Gasteiger partial charge on any atom is -0.494 e. The number of nitrogens with zero attached hydrogens (tertiary/aromatic N) is 5. The second kappa shape index (κ2) is 10.9. The number of hydrogen-bond donors (Lipinski definition) is 1. The van der Waals surface area contributed by atoms with Crippen LogP contribution in [-0.4, -0.2) is 62.0 Å². The highest BCUT2D eigenvalue weighted by Gasteiger charge is 2.36. The van der Waals surface area contributed by atoms with Gasteiger partial charge in [0.2, 0.25) is 11.1 Å². The molecule has 3 aliphatic rings. The van der Waals surface area contributed by atoms with E-state index in [9.17, 15) is 9.59 Å². The first kappa shape index (κ1) is 25.1. The number of carbonyl (C=O) groups excluding carboxylic acids is 2. The van der Waals surface area contributed by atoms with Crippen LogP contribution in [0, 0.1) is 5.41 Å². The molecule has 3 aliphatic heterocycles. The van der Waals surface area contributed by atoms with Crippen LogP contribution in [-0.2, 0) is 16.1 Å². The molecular formula is C29H28N6O3S. The quantitative estimate of drug-likeness (QED) is 0.328. The van der Waals surface area contributed by atoms with Crippen molar-refractivity contribution in [3.8, 4) is 5.75 Å². The number of fused-ring (bicyclic) bond motifs is 2. The van der Waals surface area contributed by atoms with Crippen molar-refractivity contribution >= 4 is 56.6 Å². The fraction of sp³-hybridized carbons (Fsp3) is 0.276. The van der Waals surface area contributed by atoms with Gasteiger partial charge in [0.1, 0.15) is 10.8 Å². The summed E-state index contributed by atoms with van der Waals surface area (Å²) in [6.07, 6.45) is 6.73. The number of thioether (sulfide) groups is 1. The zero-order valence-corrected chi connectivity index (χ0v) is 22.2. The number of aromatic nitrogens is 1. The topological polar surface area (TPSA) is 103 Å². The van der Waals surface area contributed by atoms with Crippen molar-refractivity contribution in [3.63, 3.8) is 0 Å². The Morgan fingerprint density at radius 3 is 2.67 bits per heavy atom. The maximum absolute atomic E-state index is 13.0. The van der Waals surface area contributed by atoms with Crippen LogP contribution in [0.2, 0.25) is 0 Å². The number of carbonyl (C=O) groups is 2. The second-order valence-corrected chi connectivity index (χ2v) is 10.6. The number of para-hydroxylation sites is 2. The summed E-state index contributed by atoms with van der Waals surface area (Å²) in [4.78, 5) is 31.6. The van der Waals surface area contributed by atoms with Gasteiger partial charge in [0.15, 0.2) is 5.84 Å². The van der Waals surface area contributed by atoms with Crippen LogP contribution in [0.3, 0.4) is 0 Å². The SMILES string of the molecule is N=C1C(=Cc2cn(CCCOc3ccccc3)c3ccccc23)C(=O)N=C2SC(CC(=O)N3CCCC3)=NN12. The monoisotopic (exact) mass is 540 g/mol. The van der Waals surface area contributed by atoms with Gasteiger partial charge in [-0.05, 0) is 55.3 Å². The van der Waals surface area contributed by atoms with Crippen LogP contribution in [0.15, 0.2) is 76.5 Å². The molecule has 39 heavy (non-hydrogen) atoms. The third kappa shape index (κ3) is 5.24. The Kier molecular flexibility index (Phi) is 7.02. The molecule has 0 bridgehead atoms. The molecule has 4 heterocycles. The van der Waals surface area contributed by atoms with Crippen molar-refractivity contribution in [2.75, 3.05) is 19.7 Å². The van der Waals surface area contributed by atoms with Crippen molar-refractivity contribution in [2.45, 2.75) is 32.2 Å². The van der Waals surface area contributed by atoms with Gasteiger partial charge in [-0.2, -0.15) is 15.1 Å². The Bertz CT molecular complexity index is 1530. The number of amidine groups is 2. The smallest absolute Gasteiger partial charge is 0.283 e. The molecule has 0 saturated carbocycles. The maximum atomic E-state index is 13.0. The fourth-order valence-electron chi connectivity index (χ4n) is 4.98. The highest BCUT2D eigenvalue weighted by Crippen LogP contribution is 2.31. The summed E-state index contributed by atoms with van der Waals surface area (Å²) < 4.78 is 7.99. The lowest BCUT2D eigenvalue weighted by Crippen LogP contribution is -2.35. The van der Waals surface area contributed by atoms with E-state index in [2.05, 4.69) is 14.7 Å². The summed E-state index contributed by atoms with van der Waals surface area (Å²) in [7, 11) is 0. The zero-order valence-electron chi connectivity index (χ0n) is 21.4. The van der Waals surface area contributed by atoms with Gasteiger partial charge in [-0.1, -0.05) is 36.4 Å². The van der Waals surface area contributed by atoms with Crippen LogP contribution in [0.5, 0.6) is 5.75 Å². The highest BCUT2D eigenvalue weighted by atomic mass is 32.2. The van der Waals surface area contributed by atoms with Gasteiger partial charge in [0.05, 0.1) is 18.6 Å². The van der Waals surface area contributed by atoms with Crippen molar-refractivity contribution in [3.05, 3.63) is 71.9 Å². The Hall–Kier alpha value is -4.18. The van der Waals surface area contributed by atoms with E-state index in [1.807, 2.05) is 65.7 Å². The number of aryl methyl sites for hydroxylation is 1. The molecule has 2 aromatic carbocycles. The lowest BCUT2D eigenvalue weighted by atomic mass is 10.1. The largest absolute Gasteiger partial charge is 0.494 e. The molecule has 0 radical (unpaired) electrons. The van der Waals surface area contributed by atoms with Gasteiger partial charge in [0.25, 0.3) is 5.91 Å². The number of nitrogens with one attached hydrogen (secondary N) is 1. The van der Waals surface area contributed by atoms with Gasteiger partial charge in [-0.3, -0.25) is 15.0 Å². The molecule has 0 spiro atoms. The predicted octanol–water partition coefficient (Wildman–Crippen LogP) is 4.74. The highest BCUT2D eigenvalue weighted by molar-refractivity contribution is 8.27. The number of likely N-dealkylation sites (tertiary alicyclic amines) is 1. The number of hydrogen-bond acceptors (Lipinski definition) is 6. The average molecular weight is 541 g/mol. The van der Waals surface area contributed by atoms with Gasteiger partial charge >= 0.3 is 0 Å². The average Bonchev–Trinajstić information content (AvgIpc) is 3.69. The lowest BCUT2D eigenvalue weighted by molar-refractivity contribution is -0.128. The third-order valence-electron chi connectivity index (χ3n) is 6.93.